The average molecular weight is 229 g/mol. The number of anilines is 1. The molecule has 0 saturated carbocycles. The van der Waals surface area contributed by atoms with Crippen LogP contribution >= 0.6 is 11.6 Å². The molecule has 1 aromatic heterocycles. The molecule has 0 aliphatic heterocycles. The summed E-state index contributed by atoms with van der Waals surface area (Å²) in [5.74, 6) is -0.141. The number of hydrogen-bond acceptors (Lipinski definition) is 3. The van der Waals surface area contributed by atoms with Gasteiger partial charge in [-0.25, -0.2) is 4.98 Å². The molecular weight excluding hydrogens is 216 g/mol. The summed E-state index contributed by atoms with van der Waals surface area (Å²) in [5, 5.41) is 12.0. The lowest BCUT2D eigenvalue weighted by molar-refractivity contribution is -0.116. The van der Waals surface area contributed by atoms with E-state index < -0.39 is 6.10 Å². The van der Waals surface area contributed by atoms with E-state index in [0.717, 1.165) is 0 Å². The maximum Gasteiger partial charge on any atom is 0.224 e. The molecule has 82 valence electrons. The molecule has 0 fully saturated rings. The molecule has 0 spiro atoms. The molecule has 0 saturated heterocycles. The second-order valence-corrected chi connectivity index (χ2v) is 3.69. The van der Waals surface area contributed by atoms with Crippen molar-refractivity contribution in [2.75, 3.05) is 5.32 Å². The van der Waals surface area contributed by atoms with Crippen LogP contribution in [0.25, 0.3) is 0 Å². The van der Waals surface area contributed by atoms with E-state index in [-0.39, 0.29) is 12.3 Å². The highest BCUT2D eigenvalue weighted by Gasteiger charge is 2.04. The fourth-order valence-corrected chi connectivity index (χ4v) is 1.22. The predicted molar refractivity (Wildman–Crippen MR) is 58.8 cm³/mol. The first-order chi connectivity index (χ1) is 7.08. The average Bonchev–Trinajstić information content (AvgIpc) is 2.15. The third-order valence-electron chi connectivity index (χ3n) is 1.80. The molecule has 1 unspecified atom stereocenters. The van der Waals surface area contributed by atoms with Crippen molar-refractivity contribution in [3.8, 4) is 0 Å². The van der Waals surface area contributed by atoms with E-state index in [1.165, 1.54) is 6.20 Å². The van der Waals surface area contributed by atoms with Crippen molar-refractivity contribution in [1.82, 2.24) is 4.98 Å². The predicted octanol–water partition coefficient (Wildman–Crippen LogP) is 1.83. The van der Waals surface area contributed by atoms with E-state index in [9.17, 15) is 4.79 Å². The van der Waals surface area contributed by atoms with Crippen LogP contribution in [0, 0.1) is 0 Å². The van der Waals surface area contributed by atoms with Gasteiger partial charge in [0.15, 0.2) is 0 Å². The molecule has 1 aromatic rings. The van der Waals surface area contributed by atoms with Gasteiger partial charge >= 0.3 is 0 Å². The molecule has 15 heavy (non-hydrogen) atoms. The minimum Gasteiger partial charge on any atom is -0.393 e. The van der Waals surface area contributed by atoms with Gasteiger partial charge < -0.3 is 10.4 Å². The van der Waals surface area contributed by atoms with E-state index in [1.54, 1.807) is 19.1 Å². The zero-order valence-corrected chi connectivity index (χ0v) is 9.16. The Bertz CT molecular complexity index is 342. The number of aromatic nitrogens is 1. The molecule has 0 aliphatic carbocycles. The van der Waals surface area contributed by atoms with E-state index in [0.29, 0.717) is 17.3 Å². The van der Waals surface area contributed by atoms with Crippen molar-refractivity contribution >= 4 is 23.2 Å². The molecule has 0 aromatic carbocycles. The number of halogens is 1. The molecule has 0 bridgehead atoms. The van der Waals surface area contributed by atoms with Gasteiger partial charge in [-0.3, -0.25) is 4.79 Å². The maximum absolute atomic E-state index is 11.3. The highest BCUT2D eigenvalue weighted by molar-refractivity contribution is 6.29. The van der Waals surface area contributed by atoms with Gasteiger partial charge in [-0.1, -0.05) is 11.6 Å². The molecule has 0 aliphatic rings. The summed E-state index contributed by atoms with van der Waals surface area (Å²) in [6, 6.07) is 3.23. The number of amides is 1. The zero-order chi connectivity index (χ0) is 11.3. The van der Waals surface area contributed by atoms with Gasteiger partial charge in [0, 0.05) is 18.3 Å². The summed E-state index contributed by atoms with van der Waals surface area (Å²) < 4.78 is 0. The number of carbonyl (C=O) groups excluding carboxylic acids is 1. The van der Waals surface area contributed by atoms with Gasteiger partial charge in [0.25, 0.3) is 0 Å². The van der Waals surface area contributed by atoms with E-state index in [2.05, 4.69) is 10.3 Å². The Morgan fingerprint density at radius 3 is 3.07 bits per heavy atom. The Morgan fingerprint density at radius 1 is 1.73 bits per heavy atom. The van der Waals surface area contributed by atoms with Crippen molar-refractivity contribution in [2.45, 2.75) is 25.9 Å². The second-order valence-electron chi connectivity index (χ2n) is 3.30. The molecule has 1 atom stereocenters. The number of nitrogens with one attached hydrogen (secondary N) is 1. The monoisotopic (exact) mass is 228 g/mol. The van der Waals surface area contributed by atoms with Crippen molar-refractivity contribution in [3.05, 3.63) is 23.5 Å². The van der Waals surface area contributed by atoms with Gasteiger partial charge in [-0.15, -0.1) is 0 Å². The van der Waals surface area contributed by atoms with Crippen molar-refractivity contribution in [2.24, 2.45) is 0 Å². The minimum absolute atomic E-state index is 0.141. The number of aliphatic hydroxyl groups excluding tert-OH is 1. The Kier molecular flexibility index (Phi) is 4.52. The number of carbonyl (C=O) groups is 1. The smallest absolute Gasteiger partial charge is 0.224 e. The summed E-state index contributed by atoms with van der Waals surface area (Å²) in [6.45, 7) is 1.65. The van der Waals surface area contributed by atoms with Crippen LogP contribution in [0.3, 0.4) is 0 Å². The summed E-state index contributed by atoms with van der Waals surface area (Å²) in [4.78, 5) is 15.1. The summed E-state index contributed by atoms with van der Waals surface area (Å²) in [5.41, 5.74) is 0.616. The largest absolute Gasteiger partial charge is 0.393 e. The highest BCUT2D eigenvalue weighted by atomic mass is 35.5. The van der Waals surface area contributed by atoms with Crippen LogP contribution in [0.4, 0.5) is 5.69 Å². The number of aliphatic hydroxyl groups is 1. The van der Waals surface area contributed by atoms with Gasteiger partial charge in [-0.05, 0) is 25.5 Å². The normalized spacial score (nSPS) is 12.2. The number of rotatable bonds is 4. The number of nitrogens with zero attached hydrogens (tertiary/aromatic N) is 1. The Hall–Kier alpha value is -1.13. The van der Waals surface area contributed by atoms with Crippen molar-refractivity contribution < 1.29 is 9.90 Å². The second kappa shape index (κ2) is 5.68. The minimum atomic E-state index is -0.461. The molecule has 1 rings (SSSR count). The summed E-state index contributed by atoms with van der Waals surface area (Å²) >= 11 is 5.65. The van der Waals surface area contributed by atoms with Crippen LogP contribution in [-0.4, -0.2) is 22.1 Å². The van der Waals surface area contributed by atoms with Crippen LogP contribution in [0.15, 0.2) is 18.3 Å². The third kappa shape index (κ3) is 4.76. The fourth-order valence-electron chi connectivity index (χ4n) is 1.04. The van der Waals surface area contributed by atoms with E-state index in [1.807, 2.05) is 0 Å². The van der Waals surface area contributed by atoms with Crippen LogP contribution < -0.4 is 5.32 Å². The quantitative estimate of drug-likeness (QED) is 0.773. The lowest BCUT2D eigenvalue weighted by Gasteiger charge is -2.06. The first-order valence-corrected chi connectivity index (χ1v) is 5.05. The first-order valence-electron chi connectivity index (χ1n) is 4.67. The molecule has 1 amide bonds. The molecule has 0 radical (unpaired) electrons. The van der Waals surface area contributed by atoms with Crippen LogP contribution in [0.2, 0.25) is 5.15 Å². The van der Waals surface area contributed by atoms with Gasteiger partial charge in [-0.2, -0.15) is 0 Å². The number of pyridine rings is 1. The van der Waals surface area contributed by atoms with Crippen molar-refractivity contribution in [3.63, 3.8) is 0 Å². The highest BCUT2D eigenvalue weighted by Crippen LogP contribution is 2.12. The van der Waals surface area contributed by atoms with Crippen LogP contribution in [0.1, 0.15) is 19.8 Å². The van der Waals surface area contributed by atoms with Gasteiger partial charge in [0.05, 0.1) is 6.10 Å². The number of hydrogen-bond donors (Lipinski definition) is 2. The van der Waals surface area contributed by atoms with E-state index in [4.69, 9.17) is 16.7 Å². The lowest BCUT2D eigenvalue weighted by Crippen LogP contribution is -2.14. The molecular formula is C10H13ClN2O2. The zero-order valence-electron chi connectivity index (χ0n) is 8.40. The Morgan fingerprint density at radius 2 is 2.47 bits per heavy atom. The molecule has 1 heterocycles. The summed E-state index contributed by atoms with van der Waals surface area (Å²) in [7, 11) is 0. The fraction of sp³-hybridized carbons (Fsp3) is 0.400. The SMILES string of the molecule is CC(O)CCC(=O)Nc1ccnc(Cl)c1. The van der Waals surface area contributed by atoms with Crippen LogP contribution in [0.5, 0.6) is 0 Å². The van der Waals surface area contributed by atoms with E-state index >= 15 is 0 Å². The summed E-state index contributed by atoms with van der Waals surface area (Å²) in [6.07, 6.45) is 1.80. The third-order valence-corrected chi connectivity index (χ3v) is 2.01. The first kappa shape index (κ1) is 11.9. The maximum atomic E-state index is 11.3. The van der Waals surface area contributed by atoms with Crippen LogP contribution in [-0.2, 0) is 4.79 Å². The Balaban J connectivity index is 2.44. The van der Waals surface area contributed by atoms with Gasteiger partial charge in [0.2, 0.25) is 5.91 Å². The van der Waals surface area contributed by atoms with Crippen molar-refractivity contribution in [1.29, 1.82) is 0 Å². The topological polar surface area (TPSA) is 62.2 Å². The van der Waals surface area contributed by atoms with Gasteiger partial charge in [0.1, 0.15) is 5.15 Å². The molecule has 2 N–H and O–H groups in total. The Labute approximate surface area is 93.3 Å². The standard InChI is InChI=1S/C10H13ClN2O2/c1-7(14)2-3-10(15)13-8-4-5-12-9(11)6-8/h4-7,14H,2-3H2,1H3,(H,12,13,15). The lowest BCUT2D eigenvalue weighted by atomic mass is 10.2. The molecule has 4 nitrogen and oxygen atoms in total. The molecule has 5 heteroatoms.